The Morgan fingerprint density at radius 3 is 2.83 bits per heavy atom. The SMILES string of the molecule is Nc1c(C(=O)NCC2CCCO2)c2nc3ccccc3nc2n1N=Cc1ccco1. The molecule has 0 spiro atoms. The van der Waals surface area contributed by atoms with E-state index in [1.165, 1.54) is 10.9 Å². The van der Waals surface area contributed by atoms with Crippen molar-refractivity contribution in [2.75, 3.05) is 18.9 Å². The Morgan fingerprint density at radius 2 is 2.10 bits per heavy atom. The van der Waals surface area contributed by atoms with E-state index in [0.29, 0.717) is 34.5 Å². The number of nitrogen functional groups attached to an aromatic ring is 1. The smallest absolute Gasteiger partial charge is 0.257 e. The van der Waals surface area contributed by atoms with Crippen LogP contribution in [0.25, 0.3) is 22.2 Å². The second kappa shape index (κ2) is 7.60. The van der Waals surface area contributed by atoms with E-state index in [-0.39, 0.29) is 23.4 Å². The molecule has 0 aliphatic carbocycles. The number of nitrogens with two attached hydrogens (primary N) is 1. The van der Waals surface area contributed by atoms with Crippen LogP contribution >= 0.6 is 0 Å². The molecule has 152 valence electrons. The van der Waals surface area contributed by atoms with E-state index in [9.17, 15) is 4.79 Å². The van der Waals surface area contributed by atoms with Gasteiger partial charge in [0.1, 0.15) is 22.7 Å². The van der Waals surface area contributed by atoms with Crippen LogP contribution in [-0.2, 0) is 4.74 Å². The van der Waals surface area contributed by atoms with Gasteiger partial charge >= 0.3 is 0 Å². The number of fused-ring (bicyclic) bond motifs is 2. The van der Waals surface area contributed by atoms with E-state index in [2.05, 4.69) is 20.4 Å². The summed E-state index contributed by atoms with van der Waals surface area (Å²) in [6.07, 6.45) is 5.01. The van der Waals surface area contributed by atoms with Crippen LogP contribution in [0.4, 0.5) is 5.82 Å². The Bertz CT molecular complexity index is 1240. The quantitative estimate of drug-likeness (QED) is 0.493. The predicted octanol–water partition coefficient (Wildman–Crippen LogP) is 2.55. The molecular weight excluding hydrogens is 384 g/mol. The molecule has 1 fully saturated rings. The number of hydrogen-bond donors (Lipinski definition) is 2. The molecule has 1 aliphatic rings. The molecule has 0 radical (unpaired) electrons. The normalized spacial score (nSPS) is 16.7. The molecular formula is C21H20N6O3. The minimum Gasteiger partial charge on any atom is -0.463 e. The lowest BCUT2D eigenvalue weighted by Gasteiger charge is -2.10. The van der Waals surface area contributed by atoms with Crippen molar-refractivity contribution in [3.63, 3.8) is 0 Å². The molecule has 30 heavy (non-hydrogen) atoms. The second-order valence-electron chi connectivity index (χ2n) is 7.06. The average Bonchev–Trinajstić information content (AvgIpc) is 3.50. The number of amides is 1. The summed E-state index contributed by atoms with van der Waals surface area (Å²) in [5, 5.41) is 7.30. The monoisotopic (exact) mass is 404 g/mol. The molecule has 1 atom stereocenters. The number of carbonyl (C=O) groups excluding carboxylic acids is 1. The van der Waals surface area contributed by atoms with Crippen LogP contribution in [0, 0.1) is 0 Å². The number of aromatic nitrogens is 3. The van der Waals surface area contributed by atoms with Crippen molar-refractivity contribution in [3.8, 4) is 0 Å². The number of rotatable bonds is 5. The standard InChI is InChI=1S/C21H20N6O3/c22-19-17(21(28)23-11-13-5-3-9-29-13)18-20(26-16-8-2-1-7-15(16)25-18)27(19)24-12-14-6-4-10-30-14/h1-2,4,6-8,10,12-13H,3,5,9,11,22H2,(H,23,28). The molecule has 1 aliphatic heterocycles. The first kappa shape index (κ1) is 18.3. The third-order valence-electron chi connectivity index (χ3n) is 5.06. The van der Waals surface area contributed by atoms with Gasteiger partial charge in [-0.05, 0) is 37.1 Å². The maximum atomic E-state index is 13.0. The van der Waals surface area contributed by atoms with Crippen molar-refractivity contribution in [2.45, 2.75) is 18.9 Å². The topological polar surface area (TPSA) is 121 Å². The molecule has 1 amide bonds. The number of furan rings is 1. The lowest BCUT2D eigenvalue weighted by molar-refractivity contribution is 0.0859. The molecule has 3 N–H and O–H groups in total. The summed E-state index contributed by atoms with van der Waals surface area (Å²) in [6.45, 7) is 1.14. The summed E-state index contributed by atoms with van der Waals surface area (Å²) in [7, 11) is 0. The summed E-state index contributed by atoms with van der Waals surface area (Å²) < 4.78 is 12.3. The van der Waals surface area contributed by atoms with Gasteiger partial charge in [0.05, 0.1) is 29.6 Å². The van der Waals surface area contributed by atoms with E-state index >= 15 is 0 Å². The fourth-order valence-electron chi connectivity index (χ4n) is 3.57. The first-order chi connectivity index (χ1) is 14.7. The molecule has 1 unspecified atom stereocenters. The first-order valence-electron chi connectivity index (χ1n) is 9.75. The average molecular weight is 404 g/mol. The Kier molecular flexibility index (Phi) is 4.64. The van der Waals surface area contributed by atoms with Gasteiger partial charge in [0.2, 0.25) is 0 Å². The summed E-state index contributed by atoms with van der Waals surface area (Å²) in [5.74, 6) is 0.381. The largest absolute Gasteiger partial charge is 0.463 e. The van der Waals surface area contributed by atoms with E-state index in [0.717, 1.165) is 19.4 Å². The number of hydrogen-bond acceptors (Lipinski definition) is 7. The highest BCUT2D eigenvalue weighted by Crippen LogP contribution is 2.28. The maximum Gasteiger partial charge on any atom is 0.257 e. The fourth-order valence-corrected chi connectivity index (χ4v) is 3.57. The minimum absolute atomic E-state index is 0.0208. The van der Waals surface area contributed by atoms with E-state index < -0.39 is 0 Å². The number of benzene rings is 1. The molecule has 9 nitrogen and oxygen atoms in total. The van der Waals surface area contributed by atoms with Gasteiger partial charge in [-0.1, -0.05) is 12.1 Å². The van der Waals surface area contributed by atoms with Gasteiger partial charge in [0.25, 0.3) is 5.91 Å². The fraction of sp³-hybridized carbons (Fsp3) is 0.238. The van der Waals surface area contributed by atoms with Gasteiger partial charge in [-0.2, -0.15) is 9.78 Å². The summed E-state index contributed by atoms with van der Waals surface area (Å²) >= 11 is 0. The highest BCUT2D eigenvalue weighted by molar-refractivity contribution is 6.10. The zero-order valence-electron chi connectivity index (χ0n) is 16.1. The zero-order chi connectivity index (χ0) is 20.5. The Hall–Kier alpha value is -3.72. The van der Waals surface area contributed by atoms with E-state index in [1.54, 1.807) is 18.4 Å². The van der Waals surface area contributed by atoms with Crippen LogP contribution in [0.2, 0.25) is 0 Å². The van der Waals surface area contributed by atoms with Crippen LogP contribution < -0.4 is 11.1 Å². The van der Waals surface area contributed by atoms with Crippen molar-refractivity contribution in [3.05, 3.63) is 54.0 Å². The number of nitrogens with zero attached hydrogens (tertiary/aromatic N) is 4. The third kappa shape index (κ3) is 3.29. The lowest BCUT2D eigenvalue weighted by atomic mass is 10.2. The van der Waals surface area contributed by atoms with Crippen LogP contribution in [0.3, 0.4) is 0 Å². The summed E-state index contributed by atoms with van der Waals surface area (Å²) in [6, 6.07) is 11.0. The second-order valence-corrected chi connectivity index (χ2v) is 7.06. The van der Waals surface area contributed by atoms with Gasteiger partial charge in [0, 0.05) is 13.2 Å². The van der Waals surface area contributed by atoms with Gasteiger partial charge in [0.15, 0.2) is 5.65 Å². The van der Waals surface area contributed by atoms with Crippen LogP contribution in [-0.4, -0.2) is 46.0 Å². The van der Waals surface area contributed by atoms with Crippen LogP contribution in [0.5, 0.6) is 0 Å². The Balaban J connectivity index is 1.60. The predicted molar refractivity (Wildman–Crippen MR) is 112 cm³/mol. The Morgan fingerprint density at radius 1 is 1.27 bits per heavy atom. The molecule has 4 heterocycles. The van der Waals surface area contributed by atoms with Crippen molar-refractivity contribution in [1.82, 2.24) is 20.0 Å². The molecule has 3 aromatic heterocycles. The van der Waals surface area contributed by atoms with Crippen molar-refractivity contribution in [2.24, 2.45) is 5.10 Å². The number of carbonyl (C=O) groups is 1. The van der Waals surface area contributed by atoms with Crippen molar-refractivity contribution >= 4 is 40.1 Å². The number of para-hydroxylation sites is 2. The highest BCUT2D eigenvalue weighted by atomic mass is 16.5. The van der Waals surface area contributed by atoms with E-state index in [1.807, 2.05) is 24.3 Å². The molecule has 9 heteroatoms. The molecule has 5 rings (SSSR count). The van der Waals surface area contributed by atoms with Crippen LogP contribution in [0.1, 0.15) is 29.0 Å². The number of anilines is 1. The van der Waals surface area contributed by atoms with Crippen LogP contribution in [0.15, 0.2) is 52.2 Å². The third-order valence-corrected chi connectivity index (χ3v) is 5.06. The molecule has 1 saturated heterocycles. The number of nitrogens with one attached hydrogen (secondary N) is 1. The van der Waals surface area contributed by atoms with Gasteiger partial charge in [-0.3, -0.25) is 4.79 Å². The molecule has 1 aromatic carbocycles. The van der Waals surface area contributed by atoms with Gasteiger partial charge < -0.3 is 20.2 Å². The minimum atomic E-state index is -0.329. The van der Waals surface area contributed by atoms with Crippen molar-refractivity contribution < 1.29 is 13.9 Å². The molecule has 0 saturated carbocycles. The maximum absolute atomic E-state index is 13.0. The van der Waals surface area contributed by atoms with Gasteiger partial charge in [-0.25, -0.2) is 9.97 Å². The van der Waals surface area contributed by atoms with Crippen molar-refractivity contribution in [1.29, 1.82) is 0 Å². The van der Waals surface area contributed by atoms with Gasteiger partial charge in [-0.15, -0.1) is 0 Å². The summed E-state index contributed by atoms with van der Waals surface area (Å²) in [4.78, 5) is 22.3. The molecule has 0 bridgehead atoms. The highest BCUT2D eigenvalue weighted by Gasteiger charge is 2.25. The lowest BCUT2D eigenvalue weighted by Crippen LogP contribution is -2.32. The zero-order valence-corrected chi connectivity index (χ0v) is 16.1. The first-order valence-corrected chi connectivity index (χ1v) is 9.75. The van der Waals surface area contributed by atoms with E-state index in [4.69, 9.17) is 14.9 Å². The Labute approximate surface area is 171 Å². The number of ether oxygens (including phenoxy) is 1. The summed E-state index contributed by atoms with van der Waals surface area (Å²) in [5.41, 5.74) is 8.75. The molecule has 4 aromatic rings.